The van der Waals surface area contributed by atoms with Crippen LogP contribution in [0.25, 0.3) is 0 Å². The first kappa shape index (κ1) is 11.9. The summed E-state index contributed by atoms with van der Waals surface area (Å²) in [6.45, 7) is 8.29. The zero-order chi connectivity index (χ0) is 11.9. The molecule has 1 aliphatic heterocycles. The number of hydrogen-bond acceptors (Lipinski definition) is 2. The Bertz CT molecular complexity index is 395. The summed E-state index contributed by atoms with van der Waals surface area (Å²) in [4.78, 5) is 2.44. The Balaban J connectivity index is 2.41. The van der Waals surface area contributed by atoms with E-state index in [2.05, 4.69) is 37.8 Å². The summed E-state index contributed by atoms with van der Waals surface area (Å²) in [7, 11) is 0. The number of nitrogens with zero attached hydrogens (tertiary/aromatic N) is 1. The molecule has 88 valence electrons. The normalized spacial score (nSPS) is 21.2. The molecule has 0 saturated carbocycles. The average molecular weight is 239 g/mol. The lowest BCUT2D eigenvalue weighted by molar-refractivity contribution is 0.0948. The van der Waals surface area contributed by atoms with Gasteiger partial charge in [-0.05, 0) is 44.0 Å². The molecule has 3 heteroatoms. The van der Waals surface area contributed by atoms with Gasteiger partial charge in [0.15, 0.2) is 0 Å². The van der Waals surface area contributed by atoms with Crippen LogP contribution in [0.4, 0.5) is 0 Å². The average Bonchev–Trinajstić information content (AvgIpc) is 2.54. The van der Waals surface area contributed by atoms with E-state index < -0.39 is 0 Å². The second kappa shape index (κ2) is 4.02. The van der Waals surface area contributed by atoms with Crippen molar-refractivity contribution >= 4 is 11.6 Å². The maximum Gasteiger partial charge on any atom is 0.0482 e. The van der Waals surface area contributed by atoms with Gasteiger partial charge in [0.1, 0.15) is 0 Å². The molecule has 0 aliphatic carbocycles. The molecule has 2 N–H and O–H groups in total. The first-order valence-corrected chi connectivity index (χ1v) is 6.06. The van der Waals surface area contributed by atoms with Crippen molar-refractivity contribution in [1.82, 2.24) is 4.90 Å². The Morgan fingerprint density at radius 3 is 2.69 bits per heavy atom. The van der Waals surface area contributed by atoms with E-state index in [0.29, 0.717) is 12.6 Å². The van der Waals surface area contributed by atoms with Gasteiger partial charge >= 0.3 is 0 Å². The van der Waals surface area contributed by atoms with E-state index in [1.807, 2.05) is 6.07 Å². The van der Waals surface area contributed by atoms with Crippen LogP contribution >= 0.6 is 11.6 Å². The third-order valence-corrected chi connectivity index (χ3v) is 3.50. The van der Waals surface area contributed by atoms with Crippen molar-refractivity contribution in [2.75, 3.05) is 6.54 Å². The molecule has 0 radical (unpaired) electrons. The minimum absolute atomic E-state index is 0.134. The van der Waals surface area contributed by atoms with Gasteiger partial charge in [0.25, 0.3) is 0 Å². The molecule has 1 unspecified atom stereocenters. The van der Waals surface area contributed by atoms with Gasteiger partial charge in [-0.3, -0.25) is 4.90 Å². The molecule has 1 heterocycles. The third-order valence-electron chi connectivity index (χ3n) is 3.27. The topological polar surface area (TPSA) is 29.3 Å². The van der Waals surface area contributed by atoms with Crippen molar-refractivity contribution < 1.29 is 0 Å². The zero-order valence-corrected chi connectivity index (χ0v) is 10.9. The standard InChI is InChI=1S/C13H19ClN2/c1-13(2,3)16-8-9-4-5-10(14)6-11(9)12(16)7-15/h4-6,12H,7-8,15H2,1-3H3. The Hall–Kier alpha value is -0.570. The predicted molar refractivity (Wildman–Crippen MR) is 68.5 cm³/mol. The van der Waals surface area contributed by atoms with Crippen LogP contribution in [0.3, 0.4) is 0 Å². The van der Waals surface area contributed by atoms with Gasteiger partial charge in [-0.2, -0.15) is 0 Å². The highest BCUT2D eigenvalue weighted by atomic mass is 35.5. The first-order valence-electron chi connectivity index (χ1n) is 5.68. The summed E-state index contributed by atoms with van der Waals surface area (Å²) in [6.07, 6.45) is 0. The van der Waals surface area contributed by atoms with Crippen LogP contribution in [-0.2, 0) is 6.54 Å². The molecule has 2 nitrogen and oxygen atoms in total. The molecule has 16 heavy (non-hydrogen) atoms. The highest BCUT2D eigenvalue weighted by molar-refractivity contribution is 6.30. The second-order valence-corrected chi connectivity index (χ2v) is 5.83. The van der Waals surface area contributed by atoms with E-state index in [9.17, 15) is 0 Å². The lowest BCUT2D eigenvalue weighted by atomic mass is 10.0. The minimum Gasteiger partial charge on any atom is -0.329 e. The quantitative estimate of drug-likeness (QED) is 0.815. The van der Waals surface area contributed by atoms with Crippen LogP contribution in [0.5, 0.6) is 0 Å². The van der Waals surface area contributed by atoms with Gasteiger partial charge in [-0.15, -0.1) is 0 Å². The van der Waals surface area contributed by atoms with Crippen molar-refractivity contribution in [3.8, 4) is 0 Å². The van der Waals surface area contributed by atoms with Gasteiger partial charge in [-0.1, -0.05) is 17.7 Å². The van der Waals surface area contributed by atoms with Gasteiger partial charge in [0.2, 0.25) is 0 Å². The summed E-state index contributed by atoms with van der Waals surface area (Å²) < 4.78 is 0. The van der Waals surface area contributed by atoms with Crippen molar-refractivity contribution in [3.05, 3.63) is 34.3 Å². The van der Waals surface area contributed by atoms with E-state index in [4.69, 9.17) is 17.3 Å². The number of nitrogens with two attached hydrogens (primary N) is 1. The molecule has 2 rings (SSSR count). The monoisotopic (exact) mass is 238 g/mol. The second-order valence-electron chi connectivity index (χ2n) is 5.39. The van der Waals surface area contributed by atoms with Gasteiger partial charge in [0, 0.05) is 29.7 Å². The summed E-state index contributed by atoms with van der Waals surface area (Å²) in [5.74, 6) is 0. The maximum atomic E-state index is 6.05. The van der Waals surface area contributed by atoms with Crippen molar-refractivity contribution in [2.45, 2.75) is 38.9 Å². The maximum absolute atomic E-state index is 6.05. The molecule has 1 aromatic carbocycles. The fourth-order valence-electron chi connectivity index (χ4n) is 2.44. The fourth-order valence-corrected chi connectivity index (χ4v) is 2.62. The van der Waals surface area contributed by atoms with Crippen molar-refractivity contribution in [2.24, 2.45) is 5.73 Å². The summed E-state index contributed by atoms with van der Waals surface area (Å²) in [6, 6.07) is 6.43. The van der Waals surface area contributed by atoms with Gasteiger partial charge in [0.05, 0.1) is 0 Å². The first-order chi connectivity index (χ1) is 7.43. The van der Waals surface area contributed by atoms with E-state index in [0.717, 1.165) is 11.6 Å². The van der Waals surface area contributed by atoms with E-state index in [-0.39, 0.29) is 5.54 Å². The van der Waals surface area contributed by atoms with Crippen molar-refractivity contribution in [3.63, 3.8) is 0 Å². The molecule has 1 aromatic rings. The Morgan fingerprint density at radius 2 is 2.12 bits per heavy atom. The number of halogens is 1. The lowest BCUT2D eigenvalue weighted by Crippen LogP contribution is -2.42. The molecule has 0 aromatic heterocycles. The Kier molecular flexibility index (Phi) is 2.99. The fraction of sp³-hybridized carbons (Fsp3) is 0.538. The van der Waals surface area contributed by atoms with E-state index >= 15 is 0 Å². The van der Waals surface area contributed by atoms with E-state index in [1.54, 1.807) is 0 Å². The highest BCUT2D eigenvalue weighted by Crippen LogP contribution is 2.38. The molecule has 0 fully saturated rings. The van der Waals surface area contributed by atoms with Crippen LogP contribution in [0.15, 0.2) is 18.2 Å². The minimum atomic E-state index is 0.134. The highest BCUT2D eigenvalue weighted by Gasteiger charge is 2.35. The molecule has 1 aliphatic rings. The van der Waals surface area contributed by atoms with Crippen LogP contribution in [0.2, 0.25) is 5.02 Å². The SMILES string of the molecule is CC(C)(C)N1Cc2ccc(Cl)cc2C1CN. The van der Waals surface area contributed by atoms with Crippen LogP contribution < -0.4 is 5.73 Å². The Morgan fingerprint density at radius 1 is 1.44 bits per heavy atom. The van der Waals surface area contributed by atoms with Crippen LogP contribution in [0, 0.1) is 0 Å². The number of benzene rings is 1. The number of hydrogen-bond donors (Lipinski definition) is 1. The molecular weight excluding hydrogens is 220 g/mol. The number of fused-ring (bicyclic) bond motifs is 1. The zero-order valence-electron chi connectivity index (χ0n) is 10.1. The van der Waals surface area contributed by atoms with Crippen LogP contribution in [-0.4, -0.2) is 17.0 Å². The molecule has 0 amide bonds. The summed E-state index contributed by atoms with van der Waals surface area (Å²) in [5.41, 5.74) is 8.69. The Labute approximate surface area is 102 Å². The molecule has 0 saturated heterocycles. The largest absolute Gasteiger partial charge is 0.329 e. The number of rotatable bonds is 1. The molecular formula is C13H19ClN2. The summed E-state index contributed by atoms with van der Waals surface area (Å²) >= 11 is 6.05. The van der Waals surface area contributed by atoms with Crippen molar-refractivity contribution in [1.29, 1.82) is 0 Å². The smallest absolute Gasteiger partial charge is 0.0482 e. The van der Waals surface area contributed by atoms with Gasteiger partial charge in [-0.25, -0.2) is 0 Å². The molecule has 0 bridgehead atoms. The molecule has 0 spiro atoms. The predicted octanol–water partition coefficient (Wildman–Crippen LogP) is 2.95. The van der Waals surface area contributed by atoms with Gasteiger partial charge < -0.3 is 5.73 Å². The third kappa shape index (κ3) is 1.97. The lowest BCUT2D eigenvalue weighted by Gasteiger charge is -2.36. The van der Waals surface area contributed by atoms with Crippen LogP contribution in [0.1, 0.15) is 37.9 Å². The summed E-state index contributed by atoms with van der Waals surface area (Å²) in [5, 5.41) is 0.799. The molecule has 1 atom stereocenters. The van der Waals surface area contributed by atoms with E-state index in [1.165, 1.54) is 11.1 Å².